The fourth-order valence-electron chi connectivity index (χ4n) is 2.36. The fourth-order valence-corrected chi connectivity index (χ4v) is 2.36. The summed E-state index contributed by atoms with van der Waals surface area (Å²) in [6.07, 6.45) is 0.396. The third kappa shape index (κ3) is 2.24. The summed E-state index contributed by atoms with van der Waals surface area (Å²) in [5.74, 6) is 1.92. The molecule has 1 aromatic carbocycles. The molecule has 0 saturated carbocycles. The molecule has 1 aromatic heterocycles. The molecule has 6 nitrogen and oxygen atoms in total. The van der Waals surface area contributed by atoms with Crippen LogP contribution in [0, 0.1) is 6.92 Å². The van der Waals surface area contributed by atoms with Crippen molar-refractivity contribution < 1.29 is 14.1 Å². The summed E-state index contributed by atoms with van der Waals surface area (Å²) in [4.78, 5) is 18.1. The first-order chi connectivity index (χ1) is 9.67. The van der Waals surface area contributed by atoms with Crippen molar-refractivity contribution in [3.05, 3.63) is 36.0 Å². The van der Waals surface area contributed by atoms with Crippen molar-refractivity contribution in [2.24, 2.45) is 0 Å². The number of hydrogen-bond acceptors (Lipinski definition) is 5. The highest BCUT2D eigenvalue weighted by molar-refractivity contribution is 5.96. The van der Waals surface area contributed by atoms with Gasteiger partial charge in [-0.3, -0.25) is 4.79 Å². The lowest BCUT2D eigenvalue weighted by molar-refractivity contribution is -0.117. The number of aryl methyl sites for hydroxylation is 1. The molecule has 1 fully saturated rings. The van der Waals surface area contributed by atoms with Gasteiger partial charge in [-0.2, -0.15) is 4.98 Å². The van der Waals surface area contributed by atoms with E-state index in [1.165, 1.54) is 0 Å². The van der Waals surface area contributed by atoms with Gasteiger partial charge in [0.05, 0.1) is 13.0 Å². The van der Waals surface area contributed by atoms with Crippen molar-refractivity contribution in [1.29, 1.82) is 0 Å². The zero-order chi connectivity index (χ0) is 14.1. The van der Waals surface area contributed by atoms with Crippen LogP contribution in [0.15, 0.2) is 28.8 Å². The lowest BCUT2D eigenvalue weighted by Crippen LogP contribution is -2.24. The van der Waals surface area contributed by atoms with Gasteiger partial charge in [-0.15, -0.1) is 0 Å². The molecular weight excluding hydrogens is 258 g/mol. The first kappa shape index (κ1) is 12.7. The minimum Gasteiger partial charge on any atom is -0.497 e. The Morgan fingerprint density at radius 1 is 1.35 bits per heavy atom. The van der Waals surface area contributed by atoms with E-state index < -0.39 is 0 Å². The third-order valence-electron chi connectivity index (χ3n) is 3.40. The van der Waals surface area contributed by atoms with Gasteiger partial charge in [0, 0.05) is 18.7 Å². The van der Waals surface area contributed by atoms with E-state index >= 15 is 0 Å². The molecule has 104 valence electrons. The lowest BCUT2D eigenvalue weighted by Gasteiger charge is -2.16. The highest BCUT2D eigenvalue weighted by Crippen LogP contribution is 2.31. The van der Waals surface area contributed by atoms with Crippen molar-refractivity contribution in [3.63, 3.8) is 0 Å². The summed E-state index contributed by atoms with van der Waals surface area (Å²) >= 11 is 0. The number of ether oxygens (including phenoxy) is 1. The van der Waals surface area contributed by atoms with Gasteiger partial charge < -0.3 is 14.2 Å². The van der Waals surface area contributed by atoms with Crippen molar-refractivity contribution in [1.82, 2.24) is 10.1 Å². The van der Waals surface area contributed by atoms with Gasteiger partial charge in [0.15, 0.2) is 5.82 Å². The standard InChI is InChI=1S/C14H15N3O3/c1-9-15-14(20-16-9)10-7-13(18)17(8-10)11-3-5-12(19-2)6-4-11/h3-6,10H,7-8H2,1-2H3/t10-/m0/s1. The summed E-state index contributed by atoms with van der Waals surface area (Å²) in [5, 5.41) is 3.77. The highest BCUT2D eigenvalue weighted by atomic mass is 16.5. The van der Waals surface area contributed by atoms with E-state index in [0.29, 0.717) is 24.7 Å². The third-order valence-corrected chi connectivity index (χ3v) is 3.40. The van der Waals surface area contributed by atoms with Crippen LogP contribution >= 0.6 is 0 Å². The maximum absolute atomic E-state index is 12.1. The predicted molar refractivity (Wildman–Crippen MR) is 71.7 cm³/mol. The van der Waals surface area contributed by atoms with Gasteiger partial charge in [-0.05, 0) is 31.2 Å². The van der Waals surface area contributed by atoms with Crippen LogP contribution in [0.25, 0.3) is 0 Å². The topological polar surface area (TPSA) is 68.5 Å². The van der Waals surface area contributed by atoms with E-state index in [1.807, 2.05) is 24.3 Å². The zero-order valence-corrected chi connectivity index (χ0v) is 11.4. The molecule has 1 atom stereocenters. The molecule has 20 heavy (non-hydrogen) atoms. The molecular formula is C14H15N3O3. The monoisotopic (exact) mass is 273 g/mol. The molecule has 1 saturated heterocycles. The van der Waals surface area contributed by atoms with E-state index in [2.05, 4.69) is 10.1 Å². The first-order valence-corrected chi connectivity index (χ1v) is 6.42. The van der Waals surface area contributed by atoms with E-state index in [1.54, 1.807) is 18.9 Å². The molecule has 1 amide bonds. The molecule has 0 bridgehead atoms. The number of nitrogens with zero attached hydrogens (tertiary/aromatic N) is 3. The number of hydrogen-bond donors (Lipinski definition) is 0. The summed E-state index contributed by atoms with van der Waals surface area (Å²) in [6.45, 7) is 2.33. The molecule has 0 radical (unpaired) electrons. The Labute approximate surface area is 116 Å². The molecule has 6 heteroatoms. The number of methoxy groups -OCH3 is 1. The molecule has 0 aliphatic carbocycles. The second-order valence-corrected chi connectivity index (χ2v) is 4.78. The second-order valence-electron chi connectivity index (χ2n) is 4.78. The maximum atomic E-state index is 12.1. The maximum Gasteiger partial charge on any atom is 0.232 e. The van der Waals surface area contributed by atoms with Gasteiger partial charge >= 0.3 is 0 Å². The summed E-state index contributed by atoms with van der Waals surface area (Å²) in [6, 6.07) is 7.43. The van der Waals surface area contributed by atoms with Gasteiger partial charge in [-0.1, -0.05) is 5.16 Å². The molecule has 1 aliphatic heterocycles. The Morgan fingerprint density at radius 2 is 2.10 bits per heavy atom. The van der Waals surface area contributed by atoms with Crippen molar-refractivity contribution >= 4 is 11.6 Å². The van der Waals surface area contributed by atoms with E-state index in [0.717, 1.165) is 11.4 Å². The van der Waals surface area contributed by atoms with Gasteiger partial charge in [0.25, 0.3) is 0 Å². The summed E-state index contributed by atoms with van der Waals surface area (Å²) in [5.41, 5.74) is 0.856. The van der Waals surface area contributed by atoms with E-state index in [-0.39, 0.29) is 11.8 Å². The van der Waals surface area contributed by atoms with Crippen LogP contribution in [0.4, 0.5) is 5.69 Å². The number of carbonyl (C=O) groups excluding carboxylic acids is 1. The SMILES string of the molecule is COc1ccc(N2C[C@@H](c3nc(C)no3)CC2=O)cc1. The fraction of sp³-hybridized carbons (Fsp3) is 0.357. The highest BCUT2D eigenvalue weighted by Gasteiger charge is 2.34. The minimum absolute atomic E-state index is 0.0363. The van der Waals surface area contributed by atoms with Gasteiger partial charge in [-0.25, -0.2) is 0 Å². The van der Waals surface area contributed by atoms with Crippen LogP contribution in [0.1, 0.15) is 24.1 Å². The number of carbonyl (C=O) groups is 1. The number of amides is 1. The van der Waals surface area contributed by atoms with Crippen LogP contribution in [-0.2, 0) is 4.79 Å². The van der Waals surface area contributed by atoms with Crippen LogP contribution in [0.3, 0.4) is 0 Å². The molecule has 0 N–H and O–H groups in total. The minimum atomic E-state index is -0.0363. The largest absolute Gasteiger partial charge is 0.497 e. The first-order valence-electron chi connectivity index (χ1n) is 6.42. The predicted octanol–water partition coefficient (Wildman–Crippen LogP) is 1.91. The molecule has 0 spiro atoms. The quantitative estimate of drug-likeness (QED) is 0.854. The average molecular weight is 273 g/mol. The normalized spacial score (nSPS) is 18.6. The molecule has 3 rings (SSSR count). The Kier molecular flexibility index (Phi) is 3.14. The molecule has 2 heterocycles. The summed E-state index contributed by atoms with van der Waals surface area (Å²) in [7, 11) is 1.62. The van der Waals surface area contributed by atoms with Crippen LogP contribution in [-0.4, -0.2) is 29.7 Å². The lowest BCUT2D eigenvalue weighted by atomic mass is 10.1. The Morgan fingerprint density at radius 3 is 2.70 bits per heavy atom. The molecule has 1 aliphatic rings. The van der Waals surface area contributed by atoms with Crippen molar-refractivity contribution in [3.8, 4) is 5.75 Å². The van der Waals surface area contributed by atoms with E-state index in [9.17, 15) is 4.79 Å². The van der Waals surface area contributed by atoms with Crippen LogP contribution in [0.5, 0.6) is 5.75 Å². The summed E-state index contributed by atoms with van der Waals surface area (Å²) < 4.78 is 10.3. The Hall–Kier alpha value is -2.37. The molecule has 2 aromatic rings. The van der Waals surface area contributed by atoms with Gasteiger partial charge in [0.1, 0.15) is 5.75 Å². The van der Waals surface area contributed by atoms with Crippen molar-refractivity contribution in [2.45, 2.75) is 19.3 Å². The van der Waals surface area contributed by atoms with Crippen molar-refractivity contribution in [2.75, 3.05) is 18.6 Å². The zero-order valence-electron chi connectivity index (χ0n) is 11.4. The van der Waals surface area contributed by atoms with E-state index in [4.69, 9.17) is 9.26 Å². The van der Waals surface area contributed by atoms with Crippen LogP contribution in [0.2, 0.25) is 0 Å². The average Bonchev–Trinajstić information content (AvgIpc) is 3.05. The number of anilines is 1. The second kappa shape index (κ2) is 4.96. The number of rotatable bonds is 3. The number of benzene rings is 1. The van der Waals surface area contributed by atoms with Gasteiger partial charge in [0.2, 0.25) is 11.8 Å². The number of aromatic nitrogens is 2. The van der Waals surface area contributed by atoms with Crippen LogP contribution < -0.4 is 9.64 Å². The smallest absolute Gasteiger partial charge is 0.232 e. The Bertz CT molecular complexity index is 621. The molecule has 0 unspecified atom stereocenters. The Balaban J connectivity index is 1.79.